The van der Waals surface area contributed by atoms with Crippen molar-refractivity contribution in [3.05, 3.63) is 47.3 Å². The van der Waals surface area contributed by atoms with Gasteiger partial charge in [-0.15, -0.1) is 0 Å². The number of carbonyl (C=O) groups is 1. The number of carbonyl (C=O) groups excluding carboxylic acids is 1. The topological polar surface area (TPSA) is 86.9 Å². The molecule has 0 bridgehead atoms. The fourth-order valence-electron chi connectivity index (χ4n) is 1.98. The van der Waals surface area contributed by atoms with E-state index in [0.29, 0.717) is 18.4 Å². The number of hydrogen-bond donors (Lipinski definition) is 2. The molecule has 2 rings (SSSR count). The number of benzene rings is 1. The smallest absolute Gasteiger partial charge is 0.269 e. The molecule has 7 heteroatoms. The standard InChI is InChI=1S/C14H16F2N4O/c1-2-9(17)5-8-6-10(15)13(11(16)7-8)20-4-3-12(19-20)14(18)21/h3-4,6-7,9H,2,5,17H2,1H3,(H2,18,21). The number of primary amides is 1. The van der Waals surface area contributed by atoms with Gasteiger partial charge in [-0.3, -0.25) is 4.79 Å². The van der Waals surface area contributed by atoms with Crippen molar-refractivity contribution in [1.82, 2.24) is 9.78 Å². The zero-order valence-electron chi connectivity index (χ0n) is 11.5. The highest BCUT2D eigenvalue weighted by Gasteiger charge is 2.16. The first kappa shape index (κ1) is 15.1. The van der Waals surface area contributed by atoms with Crippen LogP contribution in [-0.2, 0) is 6.42 Å². The zero-order valence-corrected chi connectivity index (χ0v) is 11.5. The van der Waals surface area contributed by atoms with E-state index in [9.17, 15) is 13.6 Å². The summed E-state index contributed by atoms with van der Waals surface area (Å²) < 4.78 is 29.2. The van der Waals surface area contributed by atoms with Gasteiger partial charge in [-0.1, -0.05) is 6.92 Å². The van der Waals surface area contributed by atoms with Gasteiger partial charge in [0.25, 0.3) is 5.91 Å². The van der Waals surface area contributed by atoms with Gasteiger partial charge in [-0.25, -0.2) is 13.5 Å². The van der Waals surface area contributed by atoms with Crippen molar-refractivity contribution in [3.63, 3.8) is 0 Å². The maximum absolute atomic E-state index is 14.1. The Morgan fingerprint density at radius 2 is 2.00 bits per heavy atom. The summed E-state index contributed by atoms with van der Waals surface area (Å²) in [5.74, 6) is -2.31. The highest BCUT2D eigenvalue weighted by molar-refractivity contribution is 5.90. The number of nitrogens with zero attached hydrogens (tertiary/aromatic N) is 2. The molecule has 0 aliphatic carbocycles. The Morgan fingerprint density at radius 1 is 1.38 bits per heavy atom. The molecule has 0 saturated heterocycles. The van der Waals surface area contributed by atoms with Crippen molar-refractivity contribution in [2.24, 2.45) is 11.5 Å². The summed E-state index contributed by atoms with van der Waals surface area (Å²) in [5, 5.41) is 3.75. The van der Waals surface area contributed by atoms with Gasteiger partial charge in [0.15, 0.2) is 11.6 Å². The molecule has 4 N–H and O–H groups in total. The predicted molar refractivity (Wildman–Crippen MR) is 74.0 cm³/mol. The van der Waals surface area contributed by atoms with Crippen molar-refractivity contribution in [2.45, 2.75) is 25.8 Å². The van der Waals surface area contributed by atoms with E-state index in [2.05, 4.69) is 5.10 Å². The third-order valence-electron chi connectivity index (χ3n) is 3.17. The van der Waals surface area contributed by atoms with E-state index in [-0.39, 0.29) is 17.4 Å². The number of halogens is 2. The van der Waals surface area contributed by atoms with Crippen LogP contribution in [0.4, 0.5) is 8.78 Å². The average molecular weight is 294 g/mol. The fourth-order valence-corrected chi connectivity index (χ4v) is 1.98. The van der Waals surface area contributed by atoms with E-state index in [1.807, 2.05) is 6.92 Å². The Hall–Kier alpha value is -2.28. The third kappa shape index (κ3) is 3.25. The molecule has 5 nitrogen and oxygen atoms in total. The number of hydrogen-bond acceptors (Lipinski definition) is 3. The lowest BCUT2D eigenvalue weighted by molar-refractivity contribution is 0.0995. The lowest BCUT2D eigenvalue weighted by atomic mass is 10.0. The zero-order chi connectivity index (χ0) is 15.6. The molecule has 0 spiro atoms. The molecule has 21 heavy (non-hydrogen) atoms. The number of nitrogens with two attached hydrogens (primary N) is 2. The average Bonchev–Trinajstić information content (AvgIpc) is 2.87. The molecular formula is C14H16F2N4O. The van der Waals surface area contributed by atoms with Crippen LogP contribution in [0.5, 0.6) is 0 Å². The molecule has 112 valence electrons. The first-order valence-corrected chi connectivity index (χ1v) is 6.51. The molecule has 0 radical (unpaired) electrons. The number of rotatable bonds is 5. The van der Waals surface area contributed by atoms with Gasteiger partial charge < -0.3 is 11.5 Å². The van der Waals surface area contributed by atoms with Gasteiger partial charge in [0.2, 0.25) is 0 Å². The van der Waals surface area contributed by atoms with Crippen LogP contribution in [-0.4, -0.2) is 21.7 Å². The Morgan fingerprint density at radius 3 is 2.48 bits per heavy atom. The maximum Gasteiger partial charge on any atom is 0.269 e. The van der Waals surface area contributed by atoms with Crippen molar-refractivity contribution >= 4 is 5.91 Å². The van der Waals surface area contributed by atoms with Crippen LogP contribution in [0.3, 0.4) is 0 Å². The molecular weight excluding hydrogens is 278 g/mol. The first-order valence-electron chi connectivity index (χ1n) is 6.51. The van der Waals surface area contributed by atoms with Gasteiger partial charge in [0, 0.05) is 12.2 Å². The third-order valence-corrected chi connectivity index (χ3v) is 3.17. The minimum Gasteiger partial charge on any atom is -0.364 e. The molecule has 1 aromatic carbocycles. The maximum atomic E-state index is 14.1. The van der Waals surface area contributed by atoms with E-state index >= 15 is 0 Å². The van der Waals surface area contributed by atoms with Crippen LogP contribution in [0.2, 0.25) is 0 Å². The highest BCUT2D eigenvalue weighted by atomic mass is 19.1. The number of amides is 1. The second-order valence-corrected chi connectivity index (χ2v) is 4.79. The Labute approximate surface area is 120 Å². The Kier molecular flexibility index (Phi) is 4.32. The summed E-state index contributed by atoms with van der Waals surface area (Å²) in [6.07, 6.45) is 2.38. The van der Waals surface area contributed by atoms with Gasteiger partial charge in [0.1, 0.15) is 11.4 Å². The molecule has 2 aromatic rings. The summed E-state index contributed by atoms with van der Waals surface area (Å²) in [5.41, 5.74) is 10.9. The summed E-state index contributed by atoms with van der Waals surface area (Å²) in [4.78, 5) is 11.0. The number of aromatic nitrogens is 2. The van der Waals surface area contributed by atoms with E-state index in [0.717, 1.165) is 4.68 Å². The van der Waals surface area contributed by atoms with Crippen LogP contribution in [0.15, 0.2) is 24.4 Å². The van der Waals surface area contributed by atoms with Crippen LogP contribution in [0.25, 0.3) is 5.69 Å². The van der Waals surface area contributed by atoms with E-state index in [4.69, 9.17) is 11.5 Å². The Balaban J connectivity index is 2.38. The summed E-state index contributed by atoms with van der Waals surface area (Å²) in [6, 6.07) is 3.59. The largest absolute Gasteiger partial charge is 0.364 e. The molecule has 0 aliphatic rings. The SMILES string of the molecule is CCC(N)Cc1cc(F)c(-n2ccc(C(N)=O)n2)c(F)c1. The van der Waals surface area contributed by atoms with Crippen molar-refractivity contribution in [1.29, 1.82) is 0 Å². The normalized spacial score (nSPS) is 12.4. The molecule has 1 aromatic heterocycles. The molecule has 0 aliphatic heterocycles. The van der Waals surface area contributed by atoms with E-state index in [1.54, 1.807) is 0 Å². The van der Waals surface area contributed by atoms with Crippen molar-refractivity contribution in [3.8, 4) is 5.69 Å². The summed E-state index contributed by atoms with van der Waals surface area (Å²) >= 11 is 0. The highest BCUT2D eigenvalue weighted by Crippen LogP contribution is 2.20. The lowest BCUT2D eigenvalue weighted by Crippen LogP contribution is -2.21. The minimum atomic E-state index is -0.771. The summed E-state index contributed by atoms with van der Waals surface area (Å²) in [6.45, 7) is 1.90. The van der Waals surface area contributed by atoms with Crippen molar-refractivity contribution in [2.75, 3.05) is 0 Å². The molecule has 1 atom stereocenters. The predicted octanol–water partition coefficient (Wildman–Crippen LogP) is 1.53. The molecule has 0 saturated carbocycles. The van der Waals surface area contributed by atoms with Gasteiger partial charge in [0.05, 0.1) is 0 Å². The summed E-state index contributed by atoms with van der Waals surface area (Å²) in [7, 11) is 0. The van der Waals surface area contributed by atoms with Crippen LogP contribution in [0.1, 0.15) is 29.4 Å². The van der Waals surface area contributed by atoms with Gasteiger partial charge >= 0.3 is 0 Å². The van der Waals surface area contributed by atoms with E-state index in [1.165, 1.54) is 24.4 Å². The quantitative estimate of drug-likeness (QED) is 0.876. The van der Waals surface area contributed by atoms with Crippen molar-refractivity contribution < 1.29 is 13.6 Å². The van der Waals surface area contributed by atoms with Gasteiger partial charge in [-0.05, 0) is 36.6 Å². The first-order chi connectivity index (χ1) is 9.92. The lowest BCUT2D eigenvalue weighted by Gasteiger charge is -2.11. The molecule has 1 heterocycles. The van der Waals surface area contributed by atoms with Crippen LogP contribution in [0, 0.1) is 11.6 Å². The second kappa shape index (κ2) is 6.01. The monoisotopic (exact) mass is 294 g/mol. The van der Waals surface area contributed by atoms with Crippen LogP contribution < -0.4 is 11.5 Å². The Bertz CT molecular complexity index is 646. The molecule has 1 unspecified atom stereocenters. The molecule has 0 fully saturated rings. The minimum absolute atomic E-state index is 0.0640. The van der Waals surface area contributed by atoms with Crippen LogP contribution >= 0.6 is 0 Å². The van der Waals surface area contributed by atoms with Gasteiger partial charge in [-0.2, -0.15) is 5.10 Å². The van der Waals surface area contributed by atoms with E-state index < -0.39 is 17.5 Å². The molecule has 1 amide bonds. The fraction of sp³-hybridized carbons (Fsp3) is 0.286. The second-order valence-electron chi connectivity index (χ2n) is 4.79.